The number of hydrogen-bond donors (Lipinski definition) is 1. The second-order valence-electron chi connectivity index (χ2n) is 6.09. The van der Waals surface area contributed by atoms with Crippen molar-refractivity contribution >= 4 is 0 Å². The van der Waals surface area contributed by atoms with Crippen LogP contribution >= 0.6 is 0 Å². The number of fused-ring (bicyclic) bond motifs is 1. The molecule has 3 heterocycles. The molecule has 114 valence electrons. The van der Waals surface area contributed by atoms with Gasteiger partial charge in [-0.1, -0.05) is 0 Å². The zero-order chi connectivity index (χ0) is 14.8. The highest BCUT2D eigenvalue weighted by Gasteiger charge is 2.16. The van der Waals surface area contributed by atoms with E-state index in [0.717, 1.165) is 31.2 Å². The molecule has 0 aliphatic carbocycles. The smallest absolute Gasteiger partial charge is 0.147 e. The maximum atomic E-state index is 4.40. The Kier molecular flexibility index (Phi) is 4.05. The average Bonchev–Trinajstić information content (AvgIpc) is 3.12. The first-order chi connectivity index (χ1) is 10.1. The van der Waals surface area contributed by atoms with Crippen LogP contribution in [0.15, 0.2) is 12.4 Å². The molecule has 6 nitrogen and oxygen atoms in total. The molecule has 1 aliphatic heterocycles. The summed E-state index contributed by atoms with van der Waals surface area (Å²) in [6.45, 7) is 8.24. The van der Waals surface area contributed by atoms with Crippen molar-refractivity contribution in [3.8, 4) is 0 Å². The van der Waals surface area contributed by atoms with Crippen LogP contribution in [0.4, 0.5) is 0 Å². The molecular weight excluding hydrogens is 264 g/mol. The number of aryl methyl sites for hydroxylation is 1. The van der Waals surface area contributed by atoms with E-state index in [1.54, 1.807) is 0 Å². The summed E-state index contributed by atoms with van der Waals surface area (Å²) in [6.07, 6.45) is 7.58. The van der Waals surface area contributed by atoms with Gasteiger partial charge in [0.25, 0.3) is 0 Å². The predicted octanol–water partition coefficient (Wildman–Crippen LogP) is 2.24. The van der Waals surface area contributed by atoms with Gasteiger partial charge in [0.1, 0.15) is 11.6 Å². The van der Waals surface area contributed by atoms with Crippen LogP contribution in [-0.4, -0.2) is 24.5 Å². The van der Waals surface area contributed by atoms with Gasteiger partial charge in [-0.05, 0) is 33.6 Å². The van der Waals surface area contributed by atoms with Gasteiger partial charge in [0.2, 0.25) is 0 Å². The van der Waals surface area contributed by atoms with Crippen LogP contribution in [0.5, 0.6) is 0 Å². The van der Waals surface area contributed by atoms with Crippen molar-refractivity contribution in [2.45, 2.75) is 65.2 Å². The van der Waals surface area contributed by atoms with Gasteiger partial charge in [-0.3, -0.25) is 4.68 Å². The number of rotatable bonds is 5. The SMILES string of the molecule is CC(C)n1cc([C@@H](C)NCc2nnc3n2CCCC3)cn1. The van der Waals surface area contributed by atoms with Gasteiger partial charge >= 0.3 is 0 Å². The van der Waals surface area contributed by atoms with Crippen LogP contribution in [0.25, 0.3) is 0 Å². The van der Waals surface area contributed by atoms with E-state index in [-0.39, 0.29) is 6.04 Å². The van der Waals surface area contributed by atoms with Crippen LogP contribution in [0.3, 0.4) is 0 Å². The Morgan fingerprint density at radius 2 is 2.10 bits per heavy atom. The number of aromatic nitrogens is 5. The molecule has 0 radical (unpaired) electrons. The molecule has 2 aromatic heterocycles. The second-order valence-corrected chi connectivity index (χ2v) is 6.09. The maximum Gasteiger partial charge on any atom is 0.147 e. The van der Waals surface area contributed by atoms with Gasteiger partial charge in [0.15, 0.2) is 0 Å². The molecule has 1 aliphatic rings. The van der Waals surface area contributed by atoms with E-state index in [1.807, 2.05) is 10.9 Å². The van der Waals surface area contributed by atoms with Gasteiger partial charge < -0.3 is 9.88 Å². The first kappa shape index (κ1) is 14.3. The summed E-state index contributed by atoms with van der Waals surface area (Å²) in [6, 6.07) is 0.656. The Morgan fingerprint density at radius 3 is 2.86 bits per heavy atom. The molecule has 0 bridgehead atoms. The number of nitrogens with one attached hydrogen (secondary N) is 1. The molecule has 0 saturated heterocycles. The molecule has 6 heteroatoms. The maximum absolute atomic E-state index is 4.40. The van der Waals surface area contributed by atoms with Gasteiger partial charge in [-0.15, -0.1) is 10.2 Å². The van der Waals surface area contributed by atoms with Crippen LogP contribution < -0.4 is 5.32 Å². The second kappa shape index (κ2) is 5.97. The Labute approximate surface area is 125 Å². The van der Waals surface area contributed by atoms with Gasteiger partial charge in [-0.2, -0.15) is 5.10 Å². The highest BCUT2D eigenvalue weighted by atomic mass is 15.3. The average molecular weight is 288 g/mol. The third-order valence-corrected chi connectivity index (χ3v) is 4.15. The fourth-order valence-corrected chi connectivity index (χ4v) is 2.72. The van der Waals surface area contributed by atoms with Crippen molar-refractivity contribution < 1.29 is 0 Å². The van der Waals surface area contributed by atoms with E-state index in [9.17, 15) is 0 Å². The molecule has 0 saturated carbocycles. The van der Waals surface area contributed by atoms with Crippen molar-refractivity contribution in [3.63, 3.8) is 0 Å². The minimum atomic E-state index is 0.258. The summed E-state index contributed by atoms with van der Waals surface area (Å²) in [5.74, 6) is 2.19. The van der Waals surface area contributed by atoms with Gasteiger partial charge in [-0.25, -0.2) is 0 Å². The van der Waals surface area contributed by atoms with Crippen molar-refractivity contribution in [1.82, 2.24) is 29.9 Å². The Bertz CT molecular complexity index is 597. The van der Waals surface area contributed by atoms with E-state index in [0.29, 0.717) is 6.04 Å². The Balaban J connectivity index is 1.62. The molecule has 3 rings (SSSR count). The summed E-state index contributed by atoms with van der Waals surface area (Å²) in [7, 11) is 0. The van der Waals surface area contributed by atoms with E-state index in [4.69, 9.17) is 0 Å². The third kappa shape index (κ3) is 3.00. The fraction of sp³-hybridized carbons (Fsp3) is 0.667. The van der Waals surface area contributed by atoms with E-state index in [1.165, 1.54) is 18.4 Å². The summed E-state index contributed by atoms with van der Waals surface area (Å²) in [5, 5.41) is 16.5. The minimum Gasteiger partial charge on any atom is -0.314 e. The summed E-state index contributed by atoms with van der Waals surface area (Å²) < 4.78 is 4.26. The Hall–Kier alpha value is -1.69. The quantitative estimate of drug-likeness (QED) is 0.916. The van der Waals surface area contributed by atoms with Crippen LogP contribution in [0.1, 0.15) is 62.9 Å². The summed E-state index contributed by atoms with van der Waals surface area (Å²) >= 11 is 0. The largest absolute Gasteiger partial charge is 0.314 e. The molecule has 2 aromatic rings. The standard InChI is InChI=1S/C15H24N6/c1-11(2)21-10-13(8-17-21)12(3)16-9-15-19-18-14-6-4-5-7-20(14)15/h8,10-12,16H,4-7,9H2,1-3H3/t12-/m1/s1. The highest BCUT2D eigenvalue weighted by Crippen LogP contribution is 2.16. The zero-order valence-corrected chi connectivity index (χ0v) is 13.1. The molecule has 0 amide bonds. The molecule has 0 fully saturated rings. The number of nitrogens with zero attached hydrogens (tertiary/aromatic N) is 5. The lowest BCUT2D eigenvalue weighted by Gasteiger charge is -2.16. The van der Waals surface area contributed by atoms with Crippen molar-refractivity contribution in [1.29, 1.82) is 0 Å². The first-order valence-electron chi connectivity index (χ1n) is 7.83. The number of hydrogen-bond acceptors (Lipinski definition) is 4. The van der Waals surface area contributed by atoms with Gasteiger partial charge in [0.05, 0.1) is 12.7 Å². The molecule has 0 spiro atoms. The highest BCUT2D eigenvalue weighted by molar-refractivity contribution is 5.10. The molecule has 1 N–H and O–H groups in total. The zero-order valence-electron chi connectivity index (χ0n) is 13.1. The summed E-state index contributed by atoms with van der Waals surface area (Å²) in [5.41, 5.74) is 1.21. The molecule has 0 unspecified atom stereocenters. The van der Waals surface area contributed by atoms with E-state index in [2.05, 4.69) is 52.1 Å². The van der Waals surface area contributed by atoms with Gasteiger partial charge in [0, 0.05) is 36.8 Å². The van der Waals surface area contributed by atoms with E-state index >= 15 is 0 Å². The van der Waals surface area contributed by atoms with Crippen molar-refractivity contribution in [2.75, 3.05) is 0 Å². The third-order valence-electron chi connectivity index (χ3n) is 4.15. The molecular formula is C15H24N6. The van der Waals surface area contributed by atoms with Crippen molar-refractivity contribution in [3.05, 3.63) is 29.6 Å². The monoisotopic (exact) mass is 288 g/mol. The lowest BCUT2D eigenvalue weighted by atomic mass is 10.1. The normalized spacial score (nSPS) is 16.2. The topological polar surface area (TPSA) is 60.6 Å². The fourth-order valence-electron chi connectivity index (χ4n) is 2.72. The van der Waals surface area contributed by atoms with Crippen LogP contribution in [0, 0.1) is 0 Å². The van der Waals surface area contributed by atoms with E-state index < -0.39 is 0 Å². The van der Waals surface area contributed by atoms with Crippen LogP contribution in [-0.2, 0) is 19.5 Å². The molecule has 21 heavy (non-hydrogen) atoms. The summed E-state index contributed by atoms with van der Waals surface area (Å²) in [4.78, 5) is 0. The Morgan fingerprint density at radius 1 is 1.24 bits per heavy atom. The lowest BCUT2D eigenvalue weighted by Crippen LogP contribution is -2.22. The van der Waals surface area contributed by atoms with Crippen LogP contribution in [0.2, 0.25) is 0 Å². The molecule has 0 aromatic carbocycles. The lowest BCUT2D eigenvalue weighted by molar-refractivity contribution is 0.483. The first-order valence-corrected chi connectivity index (χ1v) is 7.83. The molecule has 1 atom stereocenters. The van der Waals surface area contributed by atoms with Crippen molar-refractivity contribution in [2.24, 2.45) is 0 Å². The predicted molar refractivity (Wildman–Crippen MR) is 80.8 cm³/mol. The minimum absolute atomic E-state index is 0.258.